The lowest BCUT2D eigenvalue weighted by Gasteiger charge is -2.11. The molecule has 0 bridgehead atoms. The second-order valence-electron chi connectivity index (χ2n) is 4.02. The molecule has 0 radical (unpaired) electrons. The lowest BCUT2D eigenvalue weighted by atomic mass is 10.1. The number of aromatic nitrogens is 1. The Labute approximate surface area is 111 Å². The van der Waals surface area contributed by atoms with Gasteiger partial charge in [-0.2, -0.15) is 8.42 Å². The van der Waals surface area contributed by atoms with E-state index in [9.17, 15) is 27.2 Å². The van der Waals surface area contributed by atoms with E-state index in [1.807, 2.05) is 0 Å². The van der Waals surface area contributed by atoms with Gasteiger partial charge in [0.05, 0.1) is 10.7 Å². The molecular formula is C8H8FN3O5S2. The first-order valence-corrected chi connectivity index (χ1v) is 7.46. The molecule has 2 rings (SSSR count). The first-order valence-electron chi connectivity index (χ1n) is 5.09. The third kappa shape index (κ3) is 3.23. The zero-order valence-electron chi connectivity index (χ0n) is 9.35. The number of nitro groups is 1. The van der Waals surface area contributed by atoms with Gasteiger partial charge in [-0.05, 0) is 11.3 Å². The molecular weight excluding hydrogens is 301 g/mol. The van der Waals surface area contributed by atoms with Gasteiger partial charge < -0.3 is 0 Å². The number of nitrogens with zero attached hydrogens (tertiary/aromatic N) is 3. The van der Waals surface area contributed by atoms with Crippen LogP contribution in [0.2, 0.25) is 0 Å². The van der Waals surface area contributed by atoms with E-state index < -0.39 is 32.7 Å². The van der Waals surface area contributed by atoms with Gasteiger partial charge in [-0.1, -0.05) is 0 Å². The smallest absolute Gasteiger partial charge is 0.288 e. The standard InChI is InChI=1S/C8H8FN3O5S2/c9-19(16,17)4-5-1-6(13)11(3-5)8-10-2-7(18-8)12(14)15/h2,5H,1,3-4H2. The van der Waals surface area contributed by atoms with Crippen molar-refractivity contribution in [3.05, 3.63) is 16.3 Å². The number of carbonyl (C=O) groups excluding carboxylic acids is 1. The summed E-state index contributed by atoms with van der Waals surface area (Å²) in [4.78, 5) is 26.4. The van der Waals surface area contributed by atoms with E-state index in [0.717, 1.165) is 11.1 Å². The molecule has 1 fully saturated rings. The van der Waals surface area contributed by atoms with Gasteiger partial charge in [0.25, 0.3) is 0 Å². The molecule has 1 aliphatic rings. The van der Waals surface area contributed by atoms with E-state index in [1.165, 1.54) is 0 Å². The lowest BCUT2D eigenvalue weighted by Crippen LogP contribution is -2.25. The van der Waals surface area contributed by atoms with Gasteiger partial charge in [0.2, 0.25) is 5.91 Å². The van der Waals surface area contributed by atoms with Crippen molar-refractivity contribution in [1.29, 1.82) is 0 Å². The van der Waals surface area contributed by atoms with E-state index in [2.05, 4.69) is 4.98 Å². The van der Waals surface area contributed by atoms with Gasteiger partial charge >= 0.3 is 15.2 Å². The molecule has 2 heterocycles. The predicted octanol–water partition coefficient (Wildman–Crippen LogP) is 0.704. The molecule has 0 spiro atoms. The highest BCUT2D eigenvalue weighted by Gasteiger charge is 2.35. The fourth-order valence-corrected chi connectivity index (χ4v) is 3.37. The highest BCUT2D eigenvalue weighted by molar-refractivity contribution is 7.86. The van der Waals surface area contributed by atoms with Crippen LogP contribution in [0.5, 0.6) is 0 Å². The topological polar surface area (TPSA) is 110 Å². The normalized spacial score (nSPS) is 19.9. The van der Waals surface area contributed by atoms with Crippen LogP contribution in [0, 0.1) is 16.0 Å². The summed E-state index contributed by atoms with van der Waals surface area (Å²) in [5, 5.41) is 10.4. The number of anilines is 1. The number of hydrogen-bond acceptors (Lipinski definition) is 7. The summed E-state index contributed by atoms with van der Waals surface area (Å²) < 4.78 is 33.6. The predicted molar refractivity (Wildman–Crippen MR) is 64.1 cm³/mol. The van der Waals surface area contributed by atoms with Crippen LogP contribution in [0.15, 0.2) is 6.20 Å². The highest BCUT2D eigenvalue weighted by atomic mass is 32.3. The Morgan fingerprint density at radius 3 is 2.84 bits per heavy atom. The van der Waals surface area contributed by atoms with Crippen LogP contribution in [0.1, 0.15) is 6.42 Å². The molecule has 0 aliphatic carbocycles. The molecule has 1 atom stereocenters. The van der Waals surface area contributed by atoms with E-state index in [4.69, 9.17) is 0 Å². The van der Waals surface area contributed by atoms with Crippen molar-refractivity contribution in [1.82, 2.24) is 4.98 Å². The Bertz CT molecular complexity index is 628. The van der Waals surface area contributed by atoms with Crippen LogP contribution in [0.25, 0.3) is 0 Å². The molecule has 1 amide bonds. The van der Waals surface area contributed by atoms with Crippen molar-refractivity contribution < 1.29 is 22.0 Å². The quantitative estimate of drug-likeness (QED) is 0.460. The first kappa shape index (κ1) is 13.8. The maximum absolute atomic E-state index is 12.5. The number of rotatable bonds is 4. The van der Waals surface area contributed by atoms with Gasteiger partial charge in [0.1, 0.15) is 6.20 Å². The molecule has 1 aromatic heterocycles. The van der Waals surface area contributed by atoms with E-state index in [0.29, 0.717) is 11.3 Å². The van der Waals surface area contributed by atoms with Crippen molar-refractivity contribution in [2.75, 3.05) is 17.2 Å². The summed E-state index contributed by atoms with van der Waals surface area (Å²) in [6.07, 6.45) is 0.906. The third-order valence-corrected chi connectivity index (χ3v) is 4.37. The van der Waals surface area contributed by atoms with Crippen molar-refractivity contribution >= 4 is 37.6 Å². The first-order chi connectivity index (χ1) is 8.76. The van der Waals surface area contributed by atoms with Gasteiger partial charge in [0.15, 0.2) is 5.13 Å². The van der Waals surface area contributed by atoms with E-state index >= 15 is 0 Å². The molecule has 0 N–H and O–H groups in total. The minimum atomic E-state index is -4.65. The zero-order chi connectivity index (χ0) is 14.2. The number of carbonyl (C=O) groups is 1. The summed E-state index contributed by atoms with van der Waals surface area (Å²) in [5.74, 6) is -1.81. The van der Waals surface area contributed by atoms with Crippen LogP contribution < -0.4 is 4.90 Å². The van der Waals surface area contributed by atoms with Crippen molar-refractivity contribution in [2.45, 2.75) is 6.42 Å². The Kier molecular flexibility index (Phi) is 3.49. The second kappa shape index (κ2) is 4.81. The largest absolute Gasteiger partial charge is 0.345 e. The monoisotopic (exact) mass is 309 g/mol. The molecule has 19 heavy (non-hydrogen) atoms. The number of halogens is 1. The van der Waals surface area contributed by atoms with Gasteiger partial charge in [-0.3, -0.25) is 19.8 Å². The minimum Gasteiger partial charge on any atom is -0.288 e. The summed E-state index contributed by atoms with van der Waals surface area (Å²) in [7, 11) is -4.65. The van der Waals surface area contributed by atoms with Crippen LogP contribution >= 0.6 is 11.3 Å². The Morgan fingerprint density at radius 1 is 1.63 bits per heavy atom. The average molecular weight is 309 g/mol. The summed E-state index contributed by atoms with van der Waals surface area (Å²) >= 11 is 0.714. The van der Waals surface area contributed by atoms with Gasteiger partial charge in [-0.15, -0.1) is 3.89 Å². The molecule has 0 saturated carbocycles. The molecule has 8 nitrogen and oxygen atoms in total. The van der Waals surface area contributed by atoms with Crippen LogP contribution in [-0.4, -0.2) is 36.5 Å². The summed E-state index contributed by atoms with van der Waals surface area (Å²) in [6, 6.07) is 0. The van der Waals surface area contributed by atoms with Crippen molar-refractivity contribution in [2.24, 2.45) is 5.92 Å². The van der Waals surface area contributed by atoms with Crippen LogP contribution in [-0.2, 0) is 15.0 Å². The second-order valence-corrected chi connectivity index (χ2v) is 6.42. The van der Waals surface area contributed by atoms with Gasteiger partial charge in [0, 0.05) is 18.9 Å². The number of thiazole rings is 1. The fraction of sp³-hybridized carbons (Fsp3) is 0.500. The molecule has 0 aromatic carbocycles. The van der Waals surface area contributed by atoms with Gasteiger partial charge in [-0.25, -0.2) is 4.98 Å². The number of amides is 1. The zero-order valence-corrected chi connectivity index (χ0v) is 11.0. The van der Waals surface area contributed by atoms with Crippen molar-refractivity contribution in [3.8, 4) is 0 Å². The molecule has 11 heteroatoms. The summed E-state index contributed by atoms with van der Waals surface area (Å²) in [6.45, 7) is -0.00729. The fourth-order valence-electron chi connectivity index (χ4n) is 1.83. The van der Waals surface area contributed by atoms with Crippen LogP contribution in [0.4, 0.5) is 14.0 Å². The van der Waals surface area contributed by atoms with Crippen LogP contribution in [0.3, 0.4) is 0 Å². The molecule has 104 valence electrons. The Balaban J connectivity index is 2.13. The molecule has 1 unspecified atom stereocenters. The lowest BCUT2D eigenvalue weighted by molar-refractivity contribution is -0.380. The maximum atomic E-state index is 12.5. The third-order valence-electron chi connectivity index (χ3n) is 2.53. The highest BCUT2D eigenvalue weighted by Crippen LogP contribution is 2.32. The number of hydrogen-bond donors (Lipinski definition) is 0. The Morgan fingerprint density at radius 2 is 2.32 bits per heavy atom. The van der Waals surface area contributed by atoms with Crippen molar-refractivity contribution in [3.63, 3.8) is 0 Å². The SMILES string of the molecule is O=C1CC(CS(=O)(=O)F)CN1c1ncc([N+](=O)[O-])s1. The molecule has 1 aromatic rings. The van der Waals surface area contributed by atoms with E-state index in [-0.39, 0.29) is 23.1 Å². The average Bonchev–Trinajstić information content (AvgIpc) is 2.82. The molecule has 1 aliphatic heterocycles. The Hall–Kier alpha value is -1.62. The minimum absolute atomic E-state index is 0.00729. The molecule has 1 saturated heterocycles. The maximum Gasteiger partial charge on any atom is 0.345 e. The van der Waals surface area contributed by atoms with E-state index in [1.54, 1.807) is 0 Å². The summed E-state index contributed by atoms with van der Waals surface area (Å²) in [5.41, 5.74) is 0.